The number of hydrogen-bond acceptors (Lipinski definition) is 2. The minimum absolute atomic E-state index is 0.0855. The smallest absolute Gasteiger partial charge is 0.319 e. The number of benzene rings is 1. The molecule has 4 N–H and O–H groups in total. The minimum atomic E-state index is -0.213. The first-order valence-corrected chi connectivity index (χ1v) is 6.10. The summed E-state index contributed by atoms with van der Waals surface area (Å²) >= 11 is 5.76. The van der Waals surface area contributed by atoms with E-state index in [0.29, 0.717) is 17.5 Å². The summed E-state index contributed by atoms with van der Waals surface area (Å²) in [6.45, 7) is 0.485. The molecule has 2 amide bonds. The van der Waals surface area contributed by atoms with Gasteiger partial charge in [0, 0.05) is 23.3 Å². The number of halogens is 1. The van der Waals surface area contributed by atoms with Crippen LogP contribution in [0.4, 0.5) is 10.5 Å². The summed E-state index contributed by atoms with van der Waals surface area (Å²) in [4.78, 5) is 11.7. The van der Waals surface area contributed by atoms with Gasteiger partial charge in [-0.1, -0.05) is 11.6 Å². The van der Waals surface area contributed by atoms with Gasteiger partial charge in [0.05, 0.1) is 0 Å². The largest absolute Gasteiger partial charge is 0.334 e. The van der Waals surface area contributed by atoms with Crippen molar-refractivity contribution >= 4 is 23.3 Å². The average molecular weight is 254 g/mol. The fraction of sp³-hybridized carbons (Fsp3) is 0.417. The van der Waals surface area contributed by atoms with Crippen LogP contribution >= 0.6 is 11.6 Å². The molecule has 0 spiro atoms. The number of hydrogen-bond donors (Lipinski definition) is 3. The monoisotopic (exact) mass is 253 g/mol. The molecule has 1 atom stereocenters. The molecule has 0 saturated heterocycles. The van der Waals surface area contributed by atoms with Crippen molar-refractivity contribution in [3.8, 4) is 0 Å². The molecule has 0 heterocycles. The quantitative estimate of drug-likeness (QED) is 0.770. The van der Waals surface area contributed by atoms with Crippen molar-refractivity contribution < 1.29 is 4.79 Å². The highest BCUT2D eigenvalue weighted by atomic mass is 35.5. The predicted octanol–water partition coefficient (Wildman–Crippen LogP) is 2.20. The highest BCUT2D eigenvalue weighted by molar-refractivity contribution is 6.30. The normalized spacial score (nSPS) is 16.4. The standard InChI is InChI=1S/C12H16ClN3O/c13-9-3-5-10(6-4-9)15-12(17)16-11(7-14)8-1-2-8/h3-6,8,11H,1-2,7,14H2,(H2,15,16,17). The van der Waals surface area contributed by atoms with E-state index in [2.05, 4.69) is 10.6 Å². The molecule has 1 aliphatic carbocycles. The molecule has 1 aromatic carbocycles. The van der Waals surface area contributed by atoms with Crippen LogP contribution in [0.25, 0.3) is 0 Å². The summed E-state index contributed by atoms with van der Waals surface area (Å²) in [5.74, 6) is 0.552. The Kier molecular flexibility index (Phi) is 3.86. The lowest BCUT2D eigenvalue weighted by Crippen LogP contribution is -2.43. The maximum absolute atomic E-state index is 11.7. The fourth-order valence-corrected chi connectivity index (χ4v) is 1.86. The first-order valence-electron chi connectivity index (χ1n) is 5.72. The van der Waals surface area contributed by atoms with Crippen molar-refractivity contribution in [3.05, 3.63) is 29.3 Å². The van der Waals surface area contributed by atoms with Crippen LogP contribution in [0.15, 0.2) is 24.3 Å². The molecule has 2 rings (SSSR count). The van der Waals surface area contributed by atoms with E-state index in [1.54, 1.807) is 24.3 Å². The second-order valence-electron chi connectivity index (χ2n) is 4.28. The van der Waals surface area contributed by atoms with Crippen LogP contribution < -0.4 is 16.4 Å². The zero-order chi connectivity index (χ0) is 12.3. The Balaban J connectivity index is 1.85. The van der Waals surface area contributed by atoms with Crippen molar-refractivity contribution in [3.63, 3.8) is 0 Å². The topological polar surface area (TPSA) is 67.1 Å². The molecule has 0 radical (unpaired) electrons. The highest BCUT2D eigenvalue weighted by Crippen LogP contribution is 2.32. The molecule has 0 aromatic heterocycles. The van der Waals surface area contributed by atoms with Gasteiger partial charge in [-0.05, 0) is 43.0 Å². The number of urea groups is 1. The van der Waals surface area contributed by atoms with Crippen LogP contribution in [0.2, 0.25) is 5.02 Å². The SMILES string of the molecule is NCC(NC(=O)Nc1ccc(Cl)cc1)C1CC1. The third kappa shape index (κ3) is 3.61. The molecular weight excluding hydrogens is 238 g/mol. The third-order valence-electron chi connectivity index (χ3n) is 2.86. The number of anilines is 1. The number of rotatable bonds is 4. The first-order chi connectivity index (χ1) is 8.19. The van der Waals surface area contributed by atoms with E-state index in [0.717, 1.165) is 18.5 Å². The maximum atomic E-state index is 11.7. The summed E-state index contributed by atoms with van der Waals surface area (Å²) in [5.41, 5.74) is 6.34. The summed E-state index contributed by atoms with van der Waals surface area (Å²) in [6, 6.07) is 6.86. The molecule has 0 bridgehead atoms. The lowest BCUT2D eigenvalue weighted by Gasteiger charge is -2.16. The number of nitrogens with two attached hydrogens (primary N) is 1. The van der Waals surface area contributed by atoms with Gasteiger partial charge in [-0.25, -0.2) is 4.79 Å². The summed E-state index contributed by atoms with van der Waals surface area (Å²) in [5, 5.41) is 6.28. The Morgan fingerprint density at radius 1 is 1.41 bits per heavy atom. The van der Waals surface area contributed by atoms with Crippen molar-refractivity contribution in [1.82, 2.24) is 5.32 Å². The zero-order valence-corrected chi connectivity index (χ0v) is 10.2. The van der Waals surface area contributed by atoms with Gasteiger partial charge in [0.1, 0.15) is 0 Å². The third-order valence-corrected chi connectivity index (χ3v) is 3.12. The minimum Gasteiger partial charge on any atom is -0.334 e. The molecule has 0 aliphatic heterocycles. The highest BCUT2D eigenvalue weighted by Gasteiger charge is 2.31. The van der Waals surface area contributed by atoms with Gasteiger partial charge < -0.3 is 16.4 Å². The number of nitrogens with one attached hydrogen (secondary N) is 2. The maximum Gasteiger partial charge on any atom is 0.319 e. The van der Waals surface area contributed by atoms with Gasteiger partial charge in [0.15, 0.2) is 0 Å². The molecule has 92 valence electrons. The van der Waals surface area contributed by atoms with E-state index in [1.165, 1.54) is 0 Å². The van der Waals surface area contributed by atoms with Crippen LogP contribution in [-0.4, -0.2) is 18.6 Å². The molecule has 5 heteroatoms. The van der Waals surface area contributed by atoms with Crippen molar-refractivity contribution in [2.75, 3.05) is 11.9 Å². The first kappa shape index (κ1) is 12.2. The molecule has 1 fully saturated rings. The Bertz CT molecular complexity index is 389. The molecular formula is C12H16ClN3O. The van der Waals surface area contributed by atoms with Crippen LogP contribution in [-0.2, 0) is 0 Å². The lowest BCUT2D eigenvalue weighted by atomic mass is 10.2. The van der Waals surface area contributed by atoms with Gasteiger partial charge >= 0.3 is 6.03 Å². The lowest BCUT2D eigenvalue weighted by molar-refractivity contribution is 0.247. The number of amides is 2. The second kappa shape index (κ2) is 5.38. The molecule has 1 aromatic rings. The van der Waals surface area contributed by atoms with Crippen LogP contribution in [0, 0.1) is 5.92 Å². The van der Waals surface area contributed by atoms with E-state index in [-0.39, 0.29) is 12.1 Å². The van der Waals surface area contributed by atoms with E-state index < -0.39 is 0 Å². The van der Waals surface area contributed by atoms with E-state index in [1.807, 2.05) is 0 Å². The predicted molar refractivity (Wildman–Crippen MR) is 69.2 cm³/mol. The van der Waals surface area contributed by atoms with Gasteiger partial charge in [0.2, 0.25) is 0 Å². The van der Waals surface area contributed by atoms with Gasteiger partial charge in [-0.3, -0.25) is 0 Å². The molecule has 4 nitrogen and oxygen atoms in total. The van der Waals surface area contributed by atoms with Crippen LogP contribution in [0.5, 0.6) is 0 Å². The Morgan fingerprint density at radius 3 is 2.59 bits per heavy atom. The van der Waals surface area contributed by atoms with Crippen molar-refractivity contribution in [1.29, 1.82) is 0 Å². The van der Waals surface area contributed by atoms with E-state index >= 15 is 0 Å². The molecule has 1 aliphatic rings. The van der Waals surface area contributed by atoms with Crippen LogP contribution in [0.3, 0.4) is 0 Å². The molecule has 1 unspecified atom stereocenters. The summed E-state index contributed by atoms with van der Waals surface area (Å²) in [6.07, 6.45) is 2.31. The van der Waals surface area contributed by atoms with Gasteiger partial charge in [-0.2, -0.15) is 0 Å². The Morgan fingerprint density at radius 2 is 2.06 bits per heavy atom. The molecule has 17 heavy (non-hydrogen) atoms. The second-order valence-corrected chi connectivity index (χ2v) is 4.72. The van der Waals surface area contributed by atoms with Crippen molar-refractivity contribution in [2.24, 2.45) is 11.7 Å². The Hall–Kier alpha value is -1.26. The zero-order valence-electron chi connectivity index (χ0n) is 9.45. The Labute approximate surface area is 106 Å². The number of carbonyl (C=O) groups excluding carboxylic acids is 1. The van der Waals surface area contributed by atoms with E-state index in [4.69, 9.17) is 17.3 Å². The average Bonchev–Trinajstić information content (AvgIpc) is 3.13. The van der Waals surface area contributed by atoms with E-state index in [9.17, 15) is 4.79 Å². The fourth-order valence-electron chi connectivity index (χ4n) is 1.74. The van der Waals surface area contributed by atoms with Crippen molar-refractivity contribution in [2.45, 2.75) is 18.9 Å². The summed E-state index contributed by atoms with van der Waals surface area (Å²) in [7, 11) is 0. The summed E-state index contributed by atoms with van der Waals surface area (Å²) < 4.78 is 0. The van der Waals surface area contributed by atoms with Gasteiger partial charge in [-0.15, -0.1) is 0 Å². The van der Waals surface area contributed by atoms with Crippen LogP contribution in [0.1, 0.15) is 12.8 Å². The molecule has 1 saturated carbocycles. The van der Waals surface area contributed by atoms with Gasteiger partial charge in [0.25, 0.3) is 0 Å². The number of carbonyl (C=O) groups is 1.